The number of amides is 1. The second-order valence-electron chi connectivity index (χ2n) is 7.71. The minimum Gasteiger partial charge on any atom is -0.370 e. The lowest BCUT2D eigenvalue weighted by molar-refractivity contribution is -0.130. The molecule has 0 aliphatic carbocycles. The lowest BCUT2D eigenvalue weighted by atomic mass is 9.98. The van der Waals surface area contributed by atoms with E-state index in [-0.39, 0.29) is 5.91 Å². The molecular formula is C23H29BrN4O. The maximum Gasteiger partial charge on any atom is 0.219 e. The van der Waals surface area contributed by atoms with Gasteiger partial charge in [-0.15, -0.1) is 0 Å². The fraction of sp³-hybridized carbons (Fsp3) is 0.391. The van der Waals surface area contributed by atoms with Gasteiger partial charge >= 0.3 is 0 Å². The van der Waals surface area contributed by atoms with E-state index in [2.05, 4.69) is 58.1 Å². The molecule has 2 aromatic rings. The Morgan fingerprint density at radius 2 is 2.14 bits per heavy atom. The summed E-state index contributed by atoms with van der Waals surface area (Å²) in [7, 11) is 0. The van der Waals surface area contributed by atoms with E-state index in [1.807, 2.05) is 28.6 Å². The molecule has 1 fully saturated rings. The number of carbonyl (C=O) groups excluding carboxylic acids is 1. The van der Waals surface area contributed by atoms with Crippen LogP contribution in [-0.2, 0) is 4.79 Å². The highest BCUT2D eigenvalue weighted by molar-refractivity contribution is 9.10. The van der Waals surface area contributed by atoms with Crippen molar-refractivity contribution in [3.63, 3.8) is 0 Å². The molecule has 1 aliphatic heterocycles. The number of hydrogen-bond donors (Lipinski definition) is 1. The molecule has 0 spiro atoms. The molecule has 154 valence electrons. The third-order valence-corrected chi connectivity index (χ3v) is 6.29. The molecule has 1 amide bonds. The van der Waals surface area contributed by atoms with E-state index in [0.717, 1.165) is 59.6 Å². The van der Waals surface area contributed by atoms with Crippen molar-refractivity contribution in [2.45, 2.75) is 33.6 Å². The number of carbonyl (C=O) groups is 1. The van der Waals surface area contributed by atoms with Crippen LogP contribution in [0.5, 0.6) is 0 Å². The van der Waals surface area contributed by atoms with Crippen molar-refractivity contribution in [3.05, 3.63) is 64.4 Å². The number of nitrogens with one attached hydrogen (secondary N) is 1. The second-order valence-corrected chi connectivity index (χ2v) is 8.57. The van der Waals surface area contributed by atoms with Gasteiger partial charge in [-0.25, -0.2) is 4.68 Å². The number of allylic oxidation sites excluding steroid dienone is 2. The number of aryl methyl sites for hydroxylation is 1. The van der Waals surface area contributed by atoms with Crippen LogP contribution in [0.2, 0.25) is 0 Å². The van der Waals surface area contributed by atoms with Crippen LogP contribution in [0.3, 0.4) is 0 Å². The van der Waals surface area contributed by atoms with Crippen LogP contribution < -0.4 is 5.32 Å². The number of hydrogen-bond acceptors (Lipinski definition) is 3. The molecule has 1 saturated heterocycles. The highest BCUT2D eigenvalue weighted by Crippen LogP contribution is 2.23. The summed E-state index contributed by atoms with van der Waals surface area (Å²) in [6.07, 6.45) is 6.03. The molecular weight excluding hydrogens is 428 g/mol. The van der Waals surface area contributed by atoms with Crippen molar-refractivity contribution in [3.8, 4) is 0 Å². The van der Waals surface area contributed by atoms with Crippen molar-refractivity contribution >= 4 is 33.2 Å². The Kier molecular flexibility index (Phi) is 6.96. The number of nitrogens with zero attached hydrogens (tertiary/aromatic N) is 3. The Balaban J connectivity index is 1.82. The predicted molar refractivity (Wildman–Crippen MR) is 122 cm³/mol. The molecule has 0 bridgehead atoms. The van der Waals surface area contributed by atoms with Crippen molar-refractivity contribution in [1.29, 1.82) is 0 Å². The first-order chi connectivity index (χ1) is 13.9. The summed E-state index contributed by atoms with van der Waals surface area (Å²) in [5.41, 5.74) is 4.27. The zero-order valence-corrected chi connectivity index (χ0v) is 19.0. The molecule has 0 radical (unpaired) electrons. The minimum atomic E-state index is 0.158. The van der Waals surface area contributed by atoms with Crippen molar-refractivity contribution in [2.75, 3.05) is 19.6 Å². The van der Waals surface area contributed by atoms with E-state index in [0.29, 0.717) is 5.92 Å². The van der Waals surface area contributed by atoms with Gasteiger partial charge in [0.15, 0.2) is 0 Å². The highest BCUT2D eigenvalue weighted by atomic mass is 79.9. The van der Waals surface area contributed by atoms with Gasteiger partial charge in [0.05, 0.1) is 16.4 Å². The van der Waals surface area contributed by atoms with Crippen LogP contribution >= 0.6 is 15.9 Å². The largest absolute Gasteiger partial charge is 0.370 e. The Morgan fingerprint density at radius 1 is 1.38 bits per heavy atom. The number of halogens is 1. The summed E-state index contributed by atoms with van der Waals surface area (Å²) in [5.74, 6) is 1.47. The van der Waals surface area contributed by atoms with Crippen LogP contribution in [-0.4, -0.2) is 40.2 Å². The topological polar surface area (TPSA) is 50.2 Å². The quantitative estimate of drug-likeness (QED) is 0.644. The average molecular weight is 457 g/mol. The summed E-state index contributed by atoms with van der Waals surface area (Å²) >= 11 is 3.55. The molecule has 5 nitrogen and oxygen atoms in total. The first-order valence-corrected chi connectivity index (χ1v) is 10.8. The third kappa shape index (κ3) is 5.18. The van der Waals surface area contributed by atoms with E-state index >= 15 is 0 Å². The van der Waals surface area contributed by atoms with Crippen molar-refractivity contribution in [2.24, 2.45) is 5.92 Å². The Hall–Kier alpha value is -2.34. The lowest BCUT2D eigenvalue weighted by Crippen LogP contribution is -2.42. The van der Waals surface area contributed by atoms with Gasteiger partial charge in [0.25, 0.3) is 0 Å². The number of benzene rings is 1. The van der Waals surface area contributed by atoms with Gasteiger partial charge in [-0.3, -0.25) is 4.79 Å². The number of piperidine rings is 1. The normalized spacial score (nSPS) is 17.3. The van der Waals surface area contributed by atoms with Gasteiger partial charge in [-0.2, -0.15) is 5.10 Å². The van der Waals surface area contributed by atoms with Crippen LogP contribution in [0.1, 0.15) is 36.6 Å². The van der Waals surface area contributed by atoms with E-state index in [1.54, 1.807) is 13.1 Å². The van der Waals surface area contributed by atoms with Crippen molar-refractivity contribution in [1.82, 2.24) is 20.0 Å². The van der Waals surface area contributed by atoms with Crippen LogP contribution in [0, 0.1) is 19.8 Å². The monoisotopic (exact) mass is 456 g/mol. The zero-order chi connectivity index (χ0) is 21.0. The first kappa shape index (κ1) is 21.4. The van der Waals surface area contributed by atoms with Crippen LogP contribution in [0.25, 0.3) is 11.4 Å². The lowest BCUT2D eigenvalue weighted by Gasteiger charge is -2.32. The van der Waals surface area contributed by atoms with E-state index < -0.39 is 0 Å². The average Bonchev–Trinajstić information content (AvgIpc) is 3.04. The van der Waals surface area contributed by atoms with Gasteiger partial charge in [0.1, 0.15) is 5.82 Å². The maximum absolute atomic E-state index is 11.7. The van der Waals surface area contributed by atoms with E-state index in [9.17, 15) is 4.79 Å². The minimum absolute atomic E-state index is 0.158. The molecule has 1 unspecified atom stereocenters. The fourth-order valence-corrected chi connectivity index (χ4v) is 4.02. The summed E-state index contributed by atoms with van der Waals surface area (Å²) in [6, 6.07) is 8.25. The maximum atomic E-state index is 11.7. The Bertz CT molecular complexity index is 931. The number of aromatic nitrogens is 2. The molecule has 1 N–H and O–H groups in total. The predicted octanol–water partition coefficient (Wildman–Crippen LogP) is 4.62. The SMILES string of the molecule is C=C(/C=C(/NCC1CCCN(C(C)=O)C1)n1ncc(Br)c1C)c1ccccc1C. The molecule has 0 saturated carbocycles. The summed E-state index contributed by atoms with van der Waals surface area (Å²) in [4.78, 5) is 13.7. The van der Waals surface area contributed by atoms with E-state index in [4.69, 9.17) is 0 Å². The van der Waals surface area contributed by atoms with E-state index in [1.165, 1.54) is 5.56 Å². The molecule has 6 heteroatoms. The Labute approximate surface area is 181 Å². The molecule has 1 aromatic heterocycles. The molecule has 29 heavy (non-hydrogen) atoms. The van der Waals surface area contributed by atoms with Crippen LogP contribution in [0.4, 0.5) is 0 Å². The summed E-state index contributed by atoms with van der Waals surface area (Å²) in [6.45, 7) is 12.5. The van der Waals surface area contributed by atoms with Crippen molar-refractivity contribution < 1.29 is 4.79 Å². The standard InChI is InChI=1S/C23H29BrN4O/c1-16-8-5-6-10-21(16)17(2)12-23(28-18(3)22(24)14-26-28)25-13-20-9-7-11-27(15-20)19(4)29/h5-6,8,10,12,14,20,25H,2,7,9,11,13,15H2,1,3-4H3/b23-12-. The third-order valence-electron chi connectivity index (χ3n) is 5.52. The van der Waals surface area contributed by atoms with Gasteiger partial charge in [-0.05, 0) is 71.3 Å². The Morgan fingerprint density at radius 3 is 2.79 bits per heavy atom. The highest BCUT2D eigenvalue weighted by Gasteiger charge is 2.22. The zero-order valence-electron chi connectivity index (χ0n) is 17.4. The second kappa shape index (κ2) is 9.44. The first-order valence-electron chi connectivity index (χ1n) is 10.0. The van der Waals surface area contributed by atoms with Crippen LogP contribution in [0.15, 0.2) is 47.6 Å². The van der Waals surface area contributed by atoms with Gasteiger partial charge in [0, 0.05) is 26.6 Å². The summed E-state index contributed by atoms with van der Waals surface area (Å²) < 4.78 is 2.87. The van der Waals surface area contributed by atoms with Gasteiger partial charge in [0.2, 0.25) is 5.91 Å². The molecule has 1 atom stereocenters. The molecule has 1 aromatic carbocycles. The molecule has 2 heterocycles. The van der Waals surface area contributed by atoms with Gasteiger partial charge in [-0.1, -0.05) is 30.8 Å². The number of likely N-dealkylation sites (tertiary alicyclic amines) is 1. The fourth-order valence-electron chi connectivity index (χ4n) is 3.76. The van der Waals surface area contributed by atoms with Gasteiger partial charge < -0.3 is 10.2 Å². The number of rotatable bonds is 6. The smallest absolute Gasteiger partial charge is 0.219 e. The summed E-state index contributed by atoms with van der Waals surface area (Å²) in [5, 5.41) is 8.11. The molecule has 3 rings (SSSR count). The molecule has 1 aliphatic rings.